The van der Waals surface area contributed by atoms with Crippen LogP contribution in [0.4, 0.5) is 0 Å². The van der Waals surface area contributed by atoms with Gasteiger partial charge in [0.25, 0.3) is 0 Å². The van der Waals surface area contributed by atoms with Gasteiger partial charge in [-0.2, -0.15) is 3.69 Å². The van der Waals surface area contributed by atoms with Crippen molar-refractivity contribution in [2.75, 3.05) is 7.11 Å². The first kappa shape index (κ1) is 10.3. The zero-order valence-electron chi connectivity index (χ0n) is 7.96. The summed E-state index contributed by atoms with van der Waals surface area (Å²) in [5, 5.41) is 2.53. The molecule has 0 radical (unpaired) electrons. The second-order valence-corrected chi connectivity index (χ2v) is 5.95. The molecule has 0 aromatic heterocycles. The Kier molecular flexibility index (Phi) is 3.31. The molecule has 0 fully saturated rings. The van der Waals surface area contributed by atoms with Crippen molar-refractivity contribution in [1.82, 2.24) is 0 Å². The third-order valence-corrected chi connectivity index (χ3v) is 4.96. The molecule has 0 aliphatic rings. The minimum atomic E-state index is -0.231. The van der Waals surface area contributed by atoms with E-state index in [1.54, 1.807) is 7.11 Å². The fraction of sp³-hybridized carbons (Fsp3) is 0.0909. The highest BCUT2D eigenvalue weighted by Crippen LogP contribution is 2.19. The molecule has 2 aromatic rings. The van der Waals surface area contributed by atoms with Crippen molar-refractivity contribution < 1.29 is 4.74 Å². The molecular formula is C11H9BrMgO. The summed E-state index contributed by atoms with van der Waals surface area (Å²) in [7, 11) is 1.70. The van der Waals surface area contributed by atoms with Crippen LogP contribution in [0.25, 0.3) is 10.8 Å². The first-order valence-electron chi connectivity index (χ1n) is 4.46. The summed E-state index contributed by atoms with van der Waals surface area (Å²) in [6.45, 7) is 0. The first-order chi connectivity index (χ1) is 6.83. The zero-order chi connectivity index (χ0) is 9.97. The second-order valence-electron chi connectivity index (χ2n) is 3.18. The highest BCUT2D eigenvalue weighted by molar-refractivity contribution is 9.23. The van der Waals surface area contributed by atoms with Crippen molar-refractivity contribution >= 4 is 45.5 Å². The van der Waals surface area contributed by atoms with Crippen molar-refractivity contribution in [1.29, 1.82) is 0 Å². The standard InChI is InChI=1S/C11H9O.BrH.Mg/c1-12-11-7-6-9-4-2-3-5-10(9)8-11;;/h3-8H,1H3;1H;/q;;+1/p-1. The number of hydrogen-bond donors (Lipinski definition) is 0. The van der Waals surface area contributed by atoms with Crippen molar-refractivity contribution in [3.05, 3.63) is 36.4 Å². The zero-order valence-corrected chi connectivity index (χ0v) is 11.0. The van der Waals surface area contributed by atoms with Crippen LogP contribution < -0.4 is 8.43 Å². The third-order valence-electron chi connectivity index (χ3n) is 2.27. The summed E-state index contributed by atoms with van der Waals surface area (Å²) in [5.74, 6) is 0.918. The van der Waals surface area contributed by atoms with Gasteiger partial charge in [-0.1, -0.05) is 24.3 Å². The number of fused-ring (bicyclic) bond motifs is 1. The van der Waals surface area contributed by atoms with Crippen LogP contribution in [-0.2, 0) is 0 Å². The van der Waals surface area contributed by atoms with Crippen LogP contribution in [0.5, 0.6) is 5.75 Å². The molecule has 3 heteroatoms. The lowest BCUT2D eigenvalue weighted by molar-refractivity contribution is 0.415. The quantitative estimate of drug-likeness (QED) is 0.755. The summed E-state index contributed by atoms with van der Waals surface area (Å²) in [6, 6.07) is 12.8. The largest absolute Gasteiger partial charge is 0.506 e. The topological polar surface area (TPSA) is 9.23 Å². The van der Waals surface area contributed by atoms with E-state index < -0.39 is 0 Å². The molecule has 0 bridgehead atoms. The Morgan fingerprint density at radius 2 is 1.79 bits per heavy atom. The summed E-state index contributed by atoms with van der Waals surface area (Å²) in [6.07, 6.45) is 0. The fourth-order valence-corrected chi connectivity index (χ4v) is 3.03. The van der Waals surface area contributed by atoms with Crippen molar-refractivity contribution in [3.8, 4) is 5.75 Å². The van der Waals surface area contributed by atoms with Crippen molar-refractivity contribution in [2.45, 2.75) is 0 Å². The van der Waals surface area contributed by atoms with E-state index in [1.165, 1.54) is 14.5 Å². The Labute approximate surface area is 99.0 Å². The molecule has 68 valence electrons. The lowest BCUT2D eigenvalue weighted by Gasteiger charge is -2.03. The van der Waals surface area contributed by atoms with E-state index in [0.717, 1.165) is 5.75 Å². The number of hydrogen-bond acceptors (Lipinski definition) is 1. The fourth-order valence-electron chi connectivity index (χ4n) is 1.48. The van der Waals surface area contributed by atoms with Crippen LogP contribution in [0.2, 0.25) is 0 Å². The molecular weight excluding hydrogens is 252 g/mol. The first-order valence-corrected chi connectivity index (χ1v) is 9.07. The lowest BCUT2D eigenvalue weighted by Crippen LogP contribution is -2.06. The van der Waals surface area contributed by atoms with Gasteiger partial charge < -0.3 is 4.74 Å². The summed E-state index contributed by atoms with van der Waals surface area (Å²) >= 11 is 3.35. The maximum atomic E-state index is 5.18. The van der Waals surface area contributed by atoms with E-state index in [1.807, 2.05) is 6.07 Å². The molecule has 2 aromatic carbocycles. The monoisotopic (exact) mass is 260 g/mol. The van der Waals surface area contributed by atoms with E-state index in [2.05, 4.69) is 43.2 Å². The maximum Gasteiger partial charge on any atom is 0.506 e. The smallest absolute Gasteiger partial charge is 0.497 e. The maximum absolute atomic E-state index is 5.18. The molecule has 0 aliphatic carbocycles. The second kappa shape index (κ2) is 4.51. The van der Waals surface area contributed by atoms with E-state index >= 15 is 0 Å². The van der Waals surface area contributed by atoms with E-state index in [0.29, 0.717) is 0 Å². The van der Waals surface area contributed by atoms with Crippen molar-refractivity contribution in [3.63, 3.8) is 0 Å². The highest BCUT2D eigenvalue weighted by atomic mass is 79.9. The lowest BCUT2D eigenvalue weighted by atomic mass is 10.1. The normalized spacial score (nSPS) is 9.86. The van der Waals surface area contributed by atoms with E-state index in [9.17, 15) is 0 Å². The predicted molar refractivity (Wildman–Crippen MR) is 64.8 cm³/mol. The molecule has 1 nitrogen and oxygen atoms in total. The minimum absolute atomic E-state index is 0.231. The molecule has 0 saturated carbocycles. The number of benzene rings is 2. The highest BCUT2D eigenvalue weighted by Gasteiger charge is 1.99. The van der Waals surface area contributed by atoms with Crippen molar-refractivity contribution in [2.24, 2.45) is 0 Å². The molecule has 0 heterocycles. The van der Waals surface area contributed by atoms with E-state index in [4.69, 9.17) is 4.74 Å². The SMILES string of the molecule is COc1ccc2c[c]([Mg][Br])ccc2c1. The van der Waals surface area contributed by atoms with Gasteiger partial charge in [0.05, 0.1) is 7.11 Å². The van der Waals surface area contributed by atoms with Crippen LogP contribution in [0.15, 0.2) is 36.4 Å². The Hall–Kier alpha value is -0.254. The van der Waals surface area contributed by atoms with Crippen LogP contribution in [0.1, 0.15) is 0 Å². The molecule has 2 rings (SSSR count). The Morgan fingerprint density at radius 1 is 1.07 bits per heavy atom. The number of methoxy groups -OCH3 is 1. The summed E-state index contributed by atoms with van der Waals surface area (Å²) in [5.41, 5.74) is 0. The average Bonchev–Trinajstić information content (AvgIpc) is 2.27. The molecule has 14 heavy (non-hydrogen) atoms. The van der Waals surface area contributed by atoms with Crippen LogP contribution >= 0.6 is 12.9 Å². The Balaban J connectivity index is 2.57. The molecule has 0 spiro atoms. The molecule has 0 aliphatic heterocycles. The van der Waals surface area contributed by atoms with Crippen LogP contribution in [-0.4, -0.2) is 25.3 Å². The third kappa shape index (κ3) is 2.05. The van der Waals surface area contributed by atoms with Gasteiger partial charge in [-0.3, -0.25) is 12.9 Å². The summed E-state index contributed by atoms with van der Waals surface area (Å²) < 4.78 is 6.61. The minimum Gasteiger partial charge on any atom is -0.497 e. The molecule has 0 atom stereocenters. The van der Waals surface area contributed by atoms with Gasteiger partial charge >= 0.3 is 18.2 Å². The predicted octanol–water partition coefficient (Wildman–Crippen LogP) is 2.49. The van der Waals surface area contributed by atoms with Crippen LogP contribution in [0.3, 0.4) is 0 Å². The Morgan fingerprint density at radius 3 is 2.50 bits per heavy atom. The van der Waals surface area contributed by atoms with E-state index in [-0.39, 0.29) is 18.2 Å². The number of ether oxygens (including phenoxy) is 1. The van der Waals surface area contributed by atoms with Gasteiger partial charge in [-0.15, -0.1) is 0 Å². The number of rotatable bonds is 2. The molecule has 0 unspecified atom stereocenters. The average molecular weight is 261 g/mol. The van der Waals surface area contributed by atoms with Gasteiger partial charge in [-0.05, 0) is 22.9 Å². The summed E-state index contributed by atoms with van der Waals surface area (Å²) in [4.78, 5) is 0. The van der Waals surface area contributed by atoms with Gasteiger partial charge in [0.1, 0.15) is 5.75 Å². The molecule has 0 N–H and O–H groups in total. The van der Waals surface area contributed by atoms with Crippen LogP contribution in [0, 0.1) is 0 Å². The number of halogens is 1. The van der Waals surface area contributed by atoms with Gasteiger partial charge in [-0.25, -0.2) is 0 Å². The van der Waals surface area contributed by atoms with Gasteiger partial charge in [0.15, 0.2) is 0 Å². The van der Waals surface area contributed by atoms with Gasteiger partial charge in [0.2, 0.25) is 0 Å². The molecule has 0 amide bonds. The Bertz CT molecular complexity index is 413. The molecule has 0 saturated heterocycles. The van der Waals surface area contributed by atoms with Gasteiger partial charge in [0, 0.05) is 0 Å².